The van der Waals surface area contributed by atoms with Crippen LogP contribution in [0.15, 0.2) is 35.4 Å². The highest BCUT2D eigenvalue weighted by atomic mass is 32.1. The Hall–Kier alpha value is -2.45. The van der Waals surface area contributed by atoms with Gasteiger partial charge in [-0.05, 0) is 19.4 Å². The fraction of sp³-hybridized carbons (Fsp3) is 0.235. The smallest absolute Gasteiger partial charge is 0.262 e. The fourth-order valence-electron chi connectivity index (χ4n) is 2.54. The van der Waals surface area contributed by atoms with Crippen LogP contribution in [0.5, 0.6) is 0 Å². The number of nitrogens with zero attached hydrogens (tertiary/aromatic N) is 3. The summed E-state index contributed by atoms with van der Waals surface area (Å²) in [7, 11) is 0. The second kappa shape index (κ2) is 5.74. The molecule has 0 aliphatic carbocycles. The molecule has 0 aliphatic heterocycles. The van der Waals surface area contributed by atoms with E-state index in [0.717, 1.165) is 20.8 Å². The zero-order chi connectivity index (χ0) is 15.7. The third kappa shape index (κ3) is 2.42. The Morgan fingerprint density at radius 3 is 2.68 bits per heavy atom. The number of thiophene rings is 1. The quantitative estimate of drug-likeness (QED) is 0.742. The minimum Gasteiger partial charge on any atom is -0.298 e. The van der Waals surface area contributed by atoms with Crippen LogP contribution >= 0.6 is 11.3 Å². The van der Waals surface area contributed by atoms with E-state index >= 15 is 0 Å². The Balaban J connectivity index is 2.25. The highest BCUT2D eigenvalue weighted by Crippen LogP contribution is 2.35. The summed E-state index contributed by atoms with van der Waals surface area (Å²) >= 11 is 1.54. The average Bonchev–Trinajstić information content (AvgIpc) is 2.85. The van der Waals surface area contributed by atoms with Crippen molar-refractivity contribution in [3.05, 3.63) is 51.4 Å². The van der Waals surface area contributed by atoms with E-state index in [9.17, 15) is 4.79 Å². The minimum absolute atomic E-state index is 0.0693. The number of hydrogen-bond acceptors (Lipinski definition) is 4. The molecule has 0 saturated carbocycles. The van der Waals surface area contributed by atoms with E-state index in [1.165, 1.54) is 27.8 Å². The number of rotatable bonds is 3. The van der Waals surface area contributed by atoms with Crippen LogP contribution in [0.25, 0.3) is 21.3 Å². The fourth-order valence-corrected chi connectivity index (χ4v) is 3.54. The van der Waals surface area contributed by atoms with Crippen LogP contribution in [-0.4, -0.2) is 9.55 Å². The van der Waals surface area contributed by atoms with Gasteiger partial charge in [0.15, 0.2) is 0 Å². The summed E-state index contributed by atoms with van der Waals surface area (Å²) in [5.74, 6) is 0. The first-order chi connectivity index (χ1) is 10.6. The summed E-state index contributed by atoms with van der Waals surface area (Å²) in [5.41, 5.74) is 3.11. The molecule has 110 valence electrons. The minimum atomic E-state index is -0.0693. The molecule has 3 rings (SSSR count). The van der Waals surface area contributed by atoms with Crippen molar-refractivity contribution in [2.75, 3.05) is 0 Å². The van der Waals surface area contributed by atoms with Gasteiger partial charge in [0, 0.05) is 17.0 Å². The maximum absolute atomic E-state index is 12.7. The van der Waals surface area contributed by atoms with Crippen molar-refractivity contribution in [2.24, 2.45) is 0 Å². The van der Waals surface area contributed by atoms with Crippen molar-refractivity contribution in [2.45, 2.75) is 26.8 Å². The molecule has 0 bridgehead atoms. The van der Waals surface area contributed by atoms with Crippen molar-refractivity contribution in [1.29, 1.82) is 5.26 Å². The first kappa shape index (κ1) is 14.5. The first-order valence-corrected chi connectivity index (χ1v) is 7.86. The van der Waals surface area contributed by atoms with Gasteiger partial charge in [-0.25, -0.2) is 4.98 Å². The van der Waals surface area contributed by atoms with Crippen molar-refractivity contribution in [3.63, 3.8) is 0 Å². The van der Waals surface area contributed by atoms with Gasteiger partial charge >= 0.3 is 0 Å². The van der Waals surface area contributed by atoms with Gasteiger partial charge in [-0.2, -0.15) is 5.26 Å². The highest BCUT2D eigenvalue weighted by molar-refractivity contribution is 7.19. The van der Waals surface area contributed by atoms with Gasteiger partial charge in [0.05, 0.1) is 24.2 Å². The second-order valence-corrected chi connectivity index (χ2v) is 6.43. The van der Waals surface area contributed by atoms with E-state index in [-0.39, 0.29) is 5.56 Å². The van der Waals surface area contributed by atoms with E-state index in [2.05, 4.69) is 11.1 Å². The van der Waals surface area contributed by atoms with Crippen molar-refractivity contribution < 1.29 is 0 Å². The topological polar surface area (TPSA) is 58.7 Å². The van der Waals surface area contributed by atoms with Crippen LogP contribution in [0.1, 0.15) is 16.9 Å². The van der Waals surface area contributed by atoms with Crippen molar-refractivity contribution in [1.82, 2.24) is 9.55 Å². The summed E-state index contributed by atoms with van der Waals surface area (Å²) in [6.07, 6.45) is 1.84. The summed E-state index contributed by atoms with van der Waals surface area (Å²) < 4.78 is 1.52. The van der Waals surface area contributed by atoms with Crippen LogP contribution in [0.4, 0.5) is 0 Å². The predicted octanol–water partition coefficient (Wildman–Crippen LogP) is 3.66. The summed E-state index contributed by atoms with van der Waals surface area (Å²) in [4.78, 5) is 19.0. The Bertz CT molecular complexity index is 929. The standard InChI is InChI=1S/C17H15N3OS/c1-11-4-6-13(7-5-11)14-12(2)22-16-15(14)17(21)20(10-19-16)9-3-8-18/h4-7,10H,3,9H2,1-2H3. The maximum Gasteiger partial charge on any atom is 0.262 e. The molecule has 0 saturated heterocycles. The lowest BCUT2D eigenvalue weighted by atomic mass is 10.0. The molecule has 0 amide bonds. The summed E-state index contributed by atoms with van der Waals surface area (Å²) in [6.45, 7) is 4.43. The SMILES string of the molecule is Cc1ccc(-c2c(C)sc3ncn(CCC#N)c(=O)c23)cc1. The zero-order valence-corrected chi connectivity index (χ0v) is 13.3. The molecular formula is C17H15N3OS. The molecule has 22 heavy (non-hydrogen) atoms. The van der Waals surface area contributed by atoms with E-state index in [1.54, 1.807) is 0 Å². The van der Waals surface area contributed by atoms with Gasteiger partial charge in [0.2, 0.25) is 0 Å². The lowest BCUT2D eigenvalue weighted by Gasteiger charge is -2.05. The van der Waals surface area contributed by atoms with E-state index in [0.29, 0.717) is 18.4 Å². The Morgan fingerprint density at radius 1 is 1.27 bits per heavy atom. The monoisotopic (exact) mass is 309 g/mol. The number of hydrogen-bond donors (Lipinski definition) is 0. The normalized spacial score (nSPS) is 10.8. The lowest BCUT2D eigenvalue weighted by Crippen LogP contribution is -2.20. The molecule has 0 atom stereocenters. The molecule has 2 aromatic heterocycles. The van der Waals surface area contributed by atoms with E-state index < -0.39 is 0 Å². The number of fused-ring (bicyclic) bond motifs is 1. The largest absolute Gasteiger partial charge is 0.298 e. The Kier molecular flexibility index (Phi) is 3.78. The van der Waals surface area contributed by atoms with Crippen LogP contribution in [0.3, 0.4) is 0 Å². The van der Waals surface area contributed by atoms with Crippen LogP contribution in [0.2, 0.25) is 0 Å². The average molecular weight is 309 g/mol. The molecule has 0 N–H and O–H groups in total. The Labute approximate surface area is 132 Å². The molecule has 0 fully saturated rings. The zero-order valence-electron chi connectivity index (χ0n) is 12.5. The Morgan fingerprint density at radius 2 is 2.00 bits per heavy atom. The van der Waals surface area contributed by atoms with Gasteiger partial charge in [0.25, 0.3) is 5.56 Å². The van der Waals surface area contributed by atoms with E-state index in [4.69, 9.17) is 5.26 Å². The molecule has 0 aliphatic rings. The second-order valence-electron chi connectivity index (χ2n) is 5.23. The van der Waals surface area contributed by atoms with Gasteiger partial charge in [-0.15, -0.1) is 11.3 Å². The molecule has 0 spiro atoms. The summed E-state index contributed by atoms with van der Waals surface area (Å²) in [5, 5.41) is 9.37. The third-order valence-corrected chi connectivity index (χ3v) is 4.67. The maximum atomic E-state index is 12.7. The van der Waals surface area contributed by atoms with Gasteiger partial charge < -0.3 is 0 Å². The van der Waals surface area contributed by atoms with Crippen LogP contribution < -0.4 is 5.56 Å². The molecule has 5 heteroatoms. The van der Waals surface area contributed by atoms with Gasteiger partial charge in [-0.3, -0.25) is 9.36 Å². The number of nitriles is 1. The molecule has 4 nitrogen and oxygen atoms in total. The number of aryl methyl sites for hydroxylation is 3. The third-order valence-electron chi connectivity index (χ3n) is 3.66. The molecular weight excluding hydrogens is 294 g/mol. The predicted molar refractivity (Wildman–Crippen MR) is 89.0 cm³/mol. The van der Waals surface area contributed by atoms with Gasteiger partial charge in [0.1, 0.15) is 4.83 Å². The van der Waals surface area contributed by atoms with E-state index in [1.807, 2.05) is 38.1 Å². The molecule has 0 unspecified atom stereocenters. The van der Waals surface area contributed by atoms with Crippen LogP contribution in [-0.2, 0) is 6.54 Å². The summed E-state index contributed by atoms with van der Waals surface area (Å²) in [6, 6.07) is 10.2. The van der Waals surface area contributed by atoms with Crippen LogP contribution in [0, 0.1) is 25.2 Å². The van der Waals surface area contributed by atoms with Gasteiger partial charge in [-0.1, -0.05) is 29.8 Å². The molecule has 0 radical (unpaired) electrons. The highest BCUT2D eigenvalue weighted by Gasteiger charge is 2.16. The first-order valence-electron chi connectivity index (χ1n) is 7.04. The molecule has 2 heterocycles. The van der Waals surface area contributed by atoms with Crippen molar-refractivity contribution in [3.8, 4) is 17.2 Å². The number of benzene rings is 1. The molecule has 3 aromatic rings. The molecule has 1 aromatic carbocycles. The number of aromatic nitrogens is 2. The van der Waals surface area contributed by atoms with Crippen molar-refractivity contribution >= 4 is 21.6 Å². The lowest BCUT2D eigenvalue weighted by molar-refractivity contribution is 0.679.